The average Bonchev–Trinajstić information content (AvgIpc) is 2.68. The summed E-state index contributed by atoms with van der Waals surface area (Å²) < 4.78 is 0. The van der Waals surface area contributed by atoms with Crippen molar-refractivity contribution >= 4 is 23.1 Å². The van der Waals surface area contributed by atoms with E-state index in [-0.39, 0.29) is 11.4 Å². The van der Waals surface area contributed by atoms with Crippen LogP contribution in [0, 0.1) is 0 Å². The van der Waals surface area contributed by atoms with E-state index >= 15 is 0 Å². The number of rotatable bonds is 2. The molecule has 2 N–H and O–H groups in total. The van der Waals surface area contributed by atoms with E-state index in [1.54, 1.807) is 24.3 Å². The molecule has 1 amide bonds. The van der Waals surface area contributed by atoms with Crippen molar-refractivity contribution in [2.75, 3.05) is 6.54 Å². The van der Waals surface area contributed by atoms with Crippen molar-refractivity contribution in [1.82, 2.24) is 4.90 Å². The molecule has 3 nitrogen and oxygen atoms in total. The van der Waals surface area contributed by atoms with Crippen LogP contribution in [0.3, 0.4) is 0 Å². The smallest absolute Gasteiger partial charge is 0.254 e. The van der Waals surface area contributed by atoms with Crippen molar-refractivity contribution in [3.05, 3.63) is 35.4 Å². The molecule has 0 spiro atoms. The third-order valence-corrected chi connectivity index (χ3v) is 3.80. The minimum Gasteiger partial charge on any atom is -0.389 e. The molecule has 0 radical (unpaired) electrons. The highest BCUT2D eigenvalue weighted by atomic mass is 32.1. The van der Waals surface area contributed by atoms with E-state index in [0.717, 1.165) is 24.9 Å². The zero-order chi connectivity index (χ0) is 13.3. The second-order valence-electron chi connectivity index (χ2n) is 5.31. The van der Waals surface area contributed by atoms with E-state index in [1.165, 1.54) is 0 Å². The molecule has 4 heteroatoms. The summed E-state index contributed by atoms with van der Waals surface area (Å²) in [5.74, 6) is 0.0898. The first-order valence-electron chi connectivity index (χ1n) is 6.14. The number of carbonyl (C=O) groups is 1. The maximum atomic E-state index is 12.4. The molecule has 1 aromatic rings. The first-order valence-corrected chi connectivity index (χ1v) is 6.54. The van der Waals surface area contributed by atoms with Gasteiger partial charge < -0.3 is 10.6 Å². The van der Waals surface area contributed by atoms with E-state index in [0.29, 0.717) is 10.6 Å². The number of amides is 1. The van der Waals surface area contributed by atoms with Crippen LogP contribution in [-0.2, 0) is 0 Å². The van der Waals surface area contributed by atoms with Crippen LogP contribution in [-0.4, -0.2) is 27.9 Å². The lowest BCUT2D eigenvalue weighted by molar-refractivity contribution is 0.0652. The molecule has 0 aromatic heterocycles. The standard InChI is InChI=1S/C14H18N2OS/c1-14(2)8-3-9-16(14)13(17)11-6-4-10(5-7-11)12(15)18/h4-7H,3,8-9H2,1-2H3,(H2,15,18). The van der Waals surface area contributed by atoms with Gasteiger partial charge in [0.1, 0.15) is 4.99 Å². The van der Waals surface area contributed by atoms with Crippen molar-refractivity contribution in [3.63, 3.8) is 0 Å². The molecule has 0 bridgehead atoms. The summed E-state index contributed by atoms with van der Waals surface area (Å²) in [5.41, 5.74) is 6.99. The van der Waals surface area contributed by atoms with E-state index in [1.807, 2.05) is 4.90 Å². The van der Waals surface area contributed by atoms with Gasteiger partial charge in [-0.05, 0) is 38.8 Å². The van der Waals surface area contributed by atoms with Crippen LogP contribution in [0.1, 0.15) is 42.6 Å². The highest BCUT2D eigenvalue weighted by Gasteiger charge is 2.35. The Hall–Kier alpha value is -1.42. The summed E-state index contributed by atoms with van der Waals surface area (Å²) in [6, 6.07) is 7.20. The zero-order valence-corrected chi connectivity index (χ0v) is 11.6. The Morgan fingerprint density at radius 2 is 1.83 bits per heavy atom. The van der Waals surface area contributed by atoms with Crippen LogP contribution in [0.15, 0.2) is 24.3 Å². The summed E-state index contributed by atoms with van der Waals surface area (Å²) in [4.78, 5) is 14.7. The van der Waals surface area contributed by atoms with E-state index in [2.05, 4.69) is 13.8 Å². The number of hydrogen-bond acceptors (Lipinski definition) is 2. The second kappa shape index (κ2) is 4.69. The molecule has 1 saturated heterocycles. The van der Waals surface area contributed by atoms with Gasteiger partial charge in [-0.1, -0.05) is 24.4 Å². The minimum absolute atomic E-state index is 0.0427. The third kappa shape index (κ3) is 2.38. The molecule has 0 atom stereocenters. The Morgan fingerprint density at radius 1 is 1.28 bits per heavy atom. The van der Waals surface area contributed by atoms with Crippen molar-refractivity contribution < 1.29 is 4.79 Å². The van der Waals surface area contributed by atoms with Crippen LogP contribution in [0.25, 0.3) is 0 Å². The molecule has 18 heavy (non-hydrogen) atoms. The number of carbonyl (C=O) groups excluding carboxylic acids is 1. The molecule has 1 heterocycles. The average molecular weight is 262 g/mol. The molecule has 1 aromatic carbocycles. The summed E-state index contributed by atoms with van der Waals surface area (Å²) in [7, 11) is 0. The van der Waals surface area contributed by atoms with Crippen LogP contribution < -0.4 is 5.73 Å². The summed E-state index contributed by atoms with van der Waals surface area (Å²) in [6.45, 7) is 5.06. The fourth-order valence-corrected chi connectivity index (χ4v) is 2.55. The van der Waals surface area contributed by atoms with Gasteiger partial charge in [0.25, 0.3) is 5.91 Å². The van der Waals surface area contributed by atoms with Crippen molar-refractivity contribution in [1.29, 1.82) is 0 Å². The molecule has 0 aliphatic carbocycles. The van der Waals surface area contributed by atoms with Gasteiger partial charge in [-0.15, -0.1) is 0 Å². The van der Waals surface area contributed by atoms with Gasteiger partial charge in [-0.25, -0.2) is 0 Å². The second-order valence-corrected chi connectivity index (χ2v) is 5.75. The fourth-order valence-electron chi connectivity index (χ4n) is 2.42. The van der Waals surface area contributed by atoms with Gasteiger partial charge in [-0.3, -0.25) is 4.79 Å². The lowest BCUT2D eigenvalue weighted by Crippen LogP contribution is -2.42. The normalized spacial score (nSPS) is 17.8. The number of likely N-dealkylation sites (tertiary alicyclic amines) is 1. The molecule has 2 rings (SSSR count). The van der Waals surface area contributed by atoms with E-state index in [9.17, 15) is 4.79 Å². The van der Waals surface area contributed by atoms with Crippen molar-refractivity contribution in [3.8, 4) is 0 Å². The Balaban J connectivity index is 2.21. The first kappa shape index (κ1) is 13.0. The number of thiocarbonyl (C=S) groups is 1. The molecular weight excluding hydrogens is 244 g/mol. The highest BCUT2D eigenvalue weighted by molar-refractivity contribution is 7.80. The maximum absolute atomic E-state index is 12.4. The quantitative estimate of drug-likeness (QED) is 0.832. The van der Waals surface area contributed by atoms with Crippen LogP contribution in [0.5, 0.6) is 0 Å². The first-order chi connectivity index (χ1) is 8.42. The Labute approximate surface area is 113 Å². The molecule has 96 valence electrons. The Kier molecular flexibility index (Phi) is 3.39. The van der Waals surface area contributed by atoms with Crippen LogP contribution >= 0.6 is 12.2 Å². The van der Waals surface area contributed by atoms with Gasteiger partial charge in [0.05, 0.1) is 0 Å². The van der Waals surface area contributed by atoms with Crippen LogP contribution in [0.2, 0.25) is 0 Å². The molecule has 0 saturated carbocycles. The SMILES string of the molecule is CC1(C)CCCN1C(=O)c1ccc(C(N)=S)cc1. The van der Waals surface area contributed by atoms with Gasteiger partial charge in [0.2, 0.25) is 0 Å². The van der Waals surface area contributed by atoms with E-state index < -0.39 is 0 Å². The van der Waals surface area contributed by atoms with Crippen molar-refractivity contribution in [2.24, 2.45) is 5.73 Å². The maximum Gasteiger partial charge on any atom is 0.254 e. The molecule has 0 unspecified atom stereocenters. The highest BCUT2D eigenvalue weighted by Crippen LogP contribution is 2.29. The molecule has 1 aliphatic rings. The lowest BCUT2D eigenvalue weighted by Gasteiger charge is -2.31. The Bertz CT molecular complexity index is 479. The molecule has 1 fully saturated rings. The summed E-state index contributed by atoms with van der Waals surface area (Å²) in [6.07, 6.45) is 2.13. The topological polar surface area (TPSA) is 46.3 Å². The minimum atomic E-state index is -0.0427. The van der Waals surface area contributed by atoms with E-state index in [4.69, 9.17) is 18.0 Å². The van der Waals surface area contributed by atoms with Crippen LogP contribution in [0.4, 0.5) is 0 Å². The number of hydrogen-bond donors (Lipinski definition) is 1. The molecule has 1 aliphatic heterocycles. The largest absolute Gasteiger partial charge is 0.389 e. The number of benzene rings is 1. The lowest BCUT2D eigenvalue weighted by atomic mass is 10.0. The van der Waals surface area contributed by atoms with Gasteiger partial charge in [0, 0.05) is 23.2 Å². The number of nitrogens with two attached hydrogens (primary N) is 1. The van der Waals surface area contributed by atoms with Gasteiger partial charge in [-0.2, -0.15) is 0 Å². The predicted molar refractivity (Wildman–Crippen MR) is 76.7 cm³/mol. The monoisotopic (exact) mass is 262 g/mol. The Morgan fingerprint density at radius 3 is 2.28 bits per heavy atom. The van der Waals surface area contributed by atoms with Gasteiger partial charge >= 0.3 is 0 Å². The van der Waals surface area contributed by atoms with Gasteiger partial charge in [0.15, 0.2) is 0 Å². The summed E-state index contributed by atoms with van der Waals surface area (Å²) in [5, 5.41) is 0. The fraction of sp³-hybridized carbons (Fsp3) is 0.429. The predicted octanol–water partition coefficient (Wildman–Crippen LogP) is 2.34. The third-order valence-electron chi connectivity index (χ3n) is 3.56. The summed E-state index contributed by atoms with van der Waals surface area (Å²) >= 11 is 4.90. The molecular formula is C14H18N2OS. The number of nitrogens with zero attached hydrogens (tertiary/aromatic N) is 1. The zero-order valence-electron chi connectivity index (χ0n) is 10.8. The van der Waals surface area contributed by atoms with Crippen molar-refractivity contribution in [2.45, 2.75) is 32.2 Å².